The molecule has 0 radical (unpaired) electrons. The van der Waals surface area contributed by atoms with Crippen molar-refractivity contribution in [2.45, 2.75) is 18.5 Å². The summed E-state index contributed by atoms with van der Waals surface area (Å²) < 4.78 is 38.2. The zero-order valence-corrected chi connectivity index (χ0v) is 10.7. The molecular weight excluding hydrogens is 277 g/mol. The average Bonchev–Trinajstić information content (AvgIpc) is 2.50. The van der Waals surface area contributed by atoms with E-state index in [1.54, 1.807) is 0 Å². The molecule has 0 saturated heterocycles. The van der Waals surface area contributed by atoms with Crippen LogP contribution >= 0.6 is 0 Å². The van der Waals surface area contributed by atoms with E-state index in [4.69, 9.17) is 0 Å². The standard InChI is InChI=1S/C12H11F3N2O3/c1-11(6-17(19)20)8-5-7(12(13,14)15)3-4-9(8)16(2)10(11)18/h3-5H,6H2,1-2H3. The molecule has 0 bridgehead atoms. The highest BCUT2D eigenvalue weighted by Gasteiger charge is 2.50. The number of nitrogens with zero attached hydrogens (tertiary/aromatic N) is 2. The van der Waals surface area contributed by atoms with Crippen molar-refractivity contribution < 1.29 is 22.9 Å². The van der Waals surface area contributed by atoms with Crippen LogP contribution in [0.2, 0.25) is 0 Å². The third kappa shape index (κ3) is 2.00. The van der Waals surface area contributed by atoms with Gasteiger partial charge >= 0.3 is 6.18 Å². The first-order chi connectivity index (χ1) is 9.07. The Labute approximate surface area is 112 Å². The molecule has 0 spiro atoms. The van der Waals surface area contributed by atoms with Crippen LogP contribution < -0.4 is 4.90 Å². The van der Waals surface area contributed by atoms with Gasteiger partial charge in [0.25, 0.3) is 0 Å². The van der Waals surface area contributed by atoms with E-state index in [-0.39, 0.29) is 11.3 Å². The molecule has 1 atom stereocenters. The Bertz CT molecular complexity index is 600. The number of carbonyl (C=O) groups excluding carboxylic acids is 1. The molecule has 8 heteroatoms. The highest BCUT2D eigenvalue weighted by atomic mass is 19.4. The van der Waals surface area contributed by atoms with E-state index in [0.29, 0.717) is 0 Å². The molecular formula is C12H11F3N2O3. The zero-order valence-electron chi connectivity index (χ0n) is 10.7. The number of alkyl halides is 3. The van der Waals surface area contributed by atoms with Crippen molar-refractivity contribution in [3.63, 3.8) is 0 Å². The van der Waals surface area contributed by atoms with E-state index in [1.807, 2.05) is 0 Å². The van der Waals surface area contributed by atoms with Crippen LogP contribution in [0.1, 0.15) is 18.1 Å². The first kappa shape index (κ1) is 14.3. The topological polar surface area (TPSA) is 63.5 Å². The number of carbonyl (C=O) groups is 1. The lowest BCUT2D eigenvalue weighted by Gasteiger charge is -2.18. The van der Waals surface area contributed by atoms with Gasteiger partial charge in [0.1, 0.15) is 5.41 Å². The lowest BCUT2D eigenvalue weighted by molar-refractivity contribution is -0.487. The van der Waals surface area contributed by atoms with Crippen molar-refractivity contribution in [1.29, 1.82) is 0 Å². The molecule has 1 amide bonds. The second kappa shape index (κ2) is 4.19. The fourth-order valence-corrected chi connectivity index (χ4v) is 2.45. The molecule has 2 rings (SSSR count). The van der Waals surface area contributed by atoms with Crippen LogP contribution in [-0.4, -0.2) is 24.4 Å². The number of anilines is 1. The highest BCUT2D eigenvalue weighted by molar-refractivity contribution is 6.07. The van der Waals surface area contributed by atoms with Crippen molar-refractivity contribution in [2.24, 2.45) is 0 Å². The maximum Gasteiger partial charge on any atom is 0.416 e. The number of amides is 1. The van der Waals surface area contributed by atoms with Crippen LogP contribution in [-0.2, 0) is 16.4 Å². The summed E-state index contributed by atoms with van der Waals surface area (Å²) in [6.45, 7) is 0.547. The molecule has 0 saturated carbocycles. The van der Waals surface area contributed by atoms with Crippen LogP contribution in [0.15, 0.2) is 18.2 Å². The first-order valence-corrected chi connectivity index (χ1v) is 5.69. The summed E-state index contributed by atoms with van der Waals surface area (Å²) in [6.07, 6.45) is -4.56. The highest BCUT2D eigenvalue weighted by Crippen LogP contribution is 2.43. The van der Waals surface area contributed by atoms with Gasteiger partial charge in [-0.3, -0.25) is 14.9 Å². The molecule has 1 unspecified atom stereocenters. The molecule has 108 valence electrons. The summed E-state index contributed by atoms with van der Waals surface area (Å²) in [5, 5.41) is 10.7. The van der Waals surface area contributed by atoms with E-state index >= 15 is 0 Å². The number of hydrogen-bond donors (Lipinski definition) is 0. The average molecular weight is 288 g/mol. The van der Waals surface area contributed by atoms with Gasteiger partial charge < -0.3 is 4.90 Å². The van der Waals surface area contributed by atoms with Crippen molar-refractivity contribution in [1.82, 2.24) is 0 Å². The summed E-state index contributed by atoms with van der Waals surface area (Å²) in [4.78, 5) is 23.3. The monoisotopic (exact) mass is 288 g/mol. The molecule has 20 heavy (non-hydrogen) atoms. The van der Waals surface area contributed by atoms with Gasteiger partial charge in [0, 0.05) is 17.7 Å². The summed E-state index contributed by atoms with van der Waals surface area (Å²) >= 11 is 0. The fraction of sp³-hybridized carbons (Fsp3) is 0.417. The second-order valence-corrected chi connectivity index (χ2v) is 4.92. The number of benzene rings is 1. The number of halogens is 3. The zero-order chi connectivity index (χ0) is 15.3. The van der Waals surface area contributed by atoms with Crippen LogP contribution in [0.25, 0.3) is 0 Å². The molecule has 1 aromatic rings. The van der Waals surface area contributed by atoms with Crippen molar-refractivity contribution >= 4 is 11.6 Å². The van der Waals surface area contributed by atoms with E-state index in [0.717, 1.165) is 17.0 Å². The van der Waals surface area contributed by atoms with Crippen molar-refractivity contribution in [3.8, 4) is 0 Å². The van der Waals surface area contributed by atoms with Gasteiger partial charge in [-0.1, -0.05) is 0 Å². The Balaban J connectivity index is 2.62. The number of likely N-dealkylation sites (N-methyl/N-ethyl adjacent to an activating group) is 1. The molecule has 0 aliphatic carbocycles. The van der Waals surface area contributed by atoms with Crippen molar-refractivity contribution in [3.05, 3.63) is 39.4 Å². The minimum atomic E-state index is -4.56. The lowest BCUT2D eigenvalue weighted by atomic mass is 9.83. The predicted octanol–water partition coefficient (Wildman–Crippen LogP) is 2.22. The Kier molecular flexibility index (Phi) is 2.99. The molecule has 0 fully saturated rings. The van der Waals surface area contributed by atoms with E-state index in [2.05, 4.69) is 0 Å². The van der Waals surface area contributed by atoms with Gasteiger partial charge in [0.15, 0.2) is 0 Å². The van der Waals surface area contributed by atoms with Gasteiger partial charge in [0.05, 0.1) is 5.56 Å². The van der Waals surface area contributed by atoms with E-state index < -0.39 is 34.5 Å². The number of fused-ring (bicyclic) bond motifs is 1. The van der Waals surface area contributed by atoms with Crippen LogP contribution in [0.4, 0.5) is 18.9 Å². The van der Waals surface area contributed by atoms with Gasteiger partial charge in [-0.2, -0.15) is 13.2 Å². The first-order valence-electron chi connectivity index (χ1n) is 5.69. The Morgan fingerprint density at radius 3 is 2.50 bits per heavy atom. The molecule has 1 heterocycles. The Morgan fingerprint density at radius 1 is 1.40 bits per heavy atom. The smallest absolute Gasteiger partial charge is 0.314 e. The lowest BCUT2D eigenvalue weighted by Crippen LogP contribution is -2.41. The minimum Gasteiger partial charge on any atom is -0.314 e. The van der Waals surface area contributed by atoms with Crippen LogP contribution in [0, 0.1) is 10.1 Å². The summed E-state index contributed by atoms with van der Waals surface area (Å²) in [6, 6.07) is 2.85. The van der Waals surface area contributed by atoms with Gasteiger partial charge in [-0.15, -0.1) is 0 Å². The van der Waals surface area contributed by atoms with Gasteiger partial charge in [-0.05, 0) is 30.7 Å². The predicted molar refractivity (Wildman–Crippen MR) is 64.1 cm³/mol. The molecule has 1 aliphatic rings. The minimum absolute atomic E-state index is 0.0384. The number of hydrogen-bond acceptors (Lipinski definition) is 3. The second-order valence-electron chi connectivity index (χ2n) is 4.92. The number of rotatable bonds is 2. The SMILES string of the molecule is CN1C(=O)C(C)(C[N+](=O)[O-])c2cc(C(F)(F)F)ccc21. The molecule has 5 nitrogen and oxygen atoms in total. The third-order valence-corrected chi connectivity index (χ3v) is 3.50. The molecule has 0 N–H and O–H groups in total. The van der Waals surface area contributed by atoms with Gasteiger partial charge in [0.2, 0.25) is 12.5 Å². The molecule has 1 aliphatic heterocycles. The molecule has 1 aromatic carbocycles. The van der Waals surface area contributed by atoms with E-state index in [1.165, 1.54) is 20.0 Å². The normalized spacial score (nSPS) is 22.1. The fourth-order valence-electron chi connectivity index (χ4n) is 2.45. The summed E-state index contributed by atoms with van der Waals surface area (Å²) in [7, 11) is 1.39. The van der Waals surface area contributed by atoms with Gasteiger partial charge in [-0.25, -0.2) is 0 Å². The number of nitro groups is 1. The Hall–Kier alpha value is -2.12. The Morgan fingerprint density at radius 2 is 2.00 bits per heavy atom. The van der Waals surface area contributed by atoms with Crippen LogP contribution in [0.5, 0.6) is 0 Å². The quantitative estimate of drug-likeness (QED) is 0.619. The maximum absolute atomic E-state index is 12.7. The molecule has 0 aromatic heterocycles. The summed E-state index contributed by atoms with van der Waals surface area (Å²) in [5.41, 5.74) is -2.19. The van der Waals surface area contributed by atoms with Crippen molar-refractivity contribution in [2.75, 3.05) is 18.5 Å². The van der Waals surface area contributed by atoms with E-state index in [9.17, 15) is 28.1 Å². The largest absolute Gasteiger partial charge is 0.416 e. The maximum atomic E-state index is 12.7. The third-order valence-electron chi connectivity index (χ3n) is 3.50. The van der Waals surface area contributed by atoms with Crippen LogP contribution in [0.3, 0.4) is 0 Å². The summed E-state index contributed by atoms with van der Waals surface area (Å²) in [5.74, 6) is -0.580.